The smallest absolute Gasteiger partial charge is 0.339 e. The van der Waals surface area contributed by atoms with Crippen LogP contribution >= 0.6 is 0 Å². The molecule has 1 aromatic carbocycles. The first kappa shape index (κ1) is 17.4. The predicted molar refractivity (Wildman–Crippen MR) is 96.2 cm³/mol. The number of aromatic amines is 1. The van der Waals surface area contributed by atoms with E-state index in [-0.39, 0.29) is 11.6 Å². The normalized spacial score (nSPS) is 11.8. The van der Waals surface area contributed by atoms with E-state index in [2.05, 4.69) is 25.3 Å². The summed E-state index contributed by atoms with van der Waals surface area (Å²) in [6.07, 6.45) is 5.05. The monoisotopic (exact) mass is 353 g/mol. The van der Waals surface area contributed by atoms with E-state index in [4.69, 9.17) is 4.74 Å². The molecule has 3 N–H and O–H groups in total. The summed E-state index contributed by atoms with van der Waals surface area (Å²) in [6.45, 7) is 4.14. The second kappa shape index (κ2) is 7.64. The van der Waals surface area contributed by atoms with E-state index in [1.54, 1.807) is 42.9 Å². The van der Waals surface area contributed by atoms with Crippen molar-refractivity contribution in [3.8, 4) is 17.0 Å². The average Bonchev–Trinajstić information content (AvgIpc) is 3.17. The molecule has 1 unspecified atom stereocenters. The Kier molecular flexibility index (Phi) is 5.12. The molecule has 26 heavy (non-hydrogen) atoms. The van der Waals surface area contributed by atoms with Crippen LogP contribution in [0.4, 0.5) is 5.95 Å². The number of carboxylic acids is 1. The Morgan fingerprint density at radius 2 is 2.15 bits per heavy atom. The van der Waals surface area contributed by atoms with E-state index in [0.717, 1.165) is 5.82 Å². The molecule has 0 saturated carbocycles. The Hall–Kier alpha value is -3.42. The fourth-order valence-electron chi connectivity index (χ4n) is 2.50. The van der Waals surface area contributed by atoms with Crippen molar-refractivity contribution in [1.82, 2.24) is 19.9 Å². The van der Waals surface area contributed by atoms with Gasteiger partial charge in [-0.1, -0.05) is 0 Å². The van der Waals surface area contributed by atoms with E-state index in [1.807, 2.05) is 13.8 Å². The maximum absolute atomic E-state index is 11.5. The zero-order valence-corrected chi connectivity index (χ0v) is 14.4. The molecule has 8 heteroatoms. The molecule has 0 saturated heterocycles. The van der Waals surface area contributed by atoms with Crippen molar-refractivity contribution in [1.29, 1.82) is 0 Å². The van der Waals surface area contributed by atoms with Crippen molar-refractivity contribution in [2.75, 3.05) is 11.9 Å². The van der Waals surface area contributed by atoms with Crippen LogP contribution in [0, 0.1) is 0 Å². The van der Waals surface area contributed by atoms with Gasteiger partial charge in [-0.2, -0.15) is 0 Å². The van der Waals surface area contributed by atoms with Gasteiger partial charge in [0.25, 0.3) is 0 Å². The number of nitrogens with one attached hydrogen (secondary N) is 2. The number of hydrogen-bond acceptors (Lipinski definition) is 6. The Morgan fingerprint density at radius 3 is 2.85 bits per heavy atom. The highest BCUT2D eigenvalue weighted by Gasteiger charge is 2.14. The molecule has 3 rings (SSSR count). The Morgan fingerprint density at radius 1 is 1.31 bits per heavy atom. The number of aromatic nitrogens is 4. The topological polar surface area (TPSA) is 113 Å². The zero-order valence-electron chi connectivity index (χ0n) is 14.4. The first-order valence-electron chi connectivity index (χ1n) is 8.18. The highest BCUT2D eigenvalue weighted by molar-refractivity contribution is 5.92. The number of anilines is 1. The minimum Gasteiger partial charge on any atom is -0.493 e. The van der Waals surface area contributed by atoms with Crippen LogP contribution in [0.25, 0.3) is 11.3 Å². The Bertz CT molecular complexity index is 896. The summed E-state index contributed by atoms with van der Waals surface area (Å²) in [6, 6.07) is 6.59. The SMILES string of the molecule is CCOc1ccc(-c2ccnc(NC(C)c3ncc[nH]3)n2)cc1C(=O)O. The molecule has 0 amide bonds. The van der Waals surface area contributed by atoms with Gasteiger partial charge < -0.3 is 20.1 Å². The number of H-pyrrole nitrogens is 1. The Balaban J connectivity index is 1.88. The molecule has 8 nitrogen and oxygen atoms in total. The van der Waals surface area contributed by atoms with Gasteiger partial charge in [-0.15, -0.1) is 0 Å². The van der Waals surface area contributed by atoms with E-state index in [1.165, 1.54) is 0 Å². The molecular weight excluding hydrogens is 334 g/mol. The van der Waals surface area contributed by atoms with Gasteiger partial charge in [0.05, 0.1) is 18.3 Å². The van der Waals surface area contributed by atoms with E-state index >= 15 is 0 Å². The van der Waals surface area contributed by atoms with Crippen molar-refractivity contribution in [3.63, 3.8) is 0 Å². The van der Waals surface area contributed by atoms with E-state index in [9.17, 15) is 9.90 Å². The van der Waals surface area contributed by atoms with Gasteiger partial charge in [-0.25, -0.2) is 19.7 Å². The van der Waals surface area contributed by atoms with Crippen LogP contribution in [0.1, 0.15) is 36.1 Å². The molecule has 0 spiro atoms. The van der Waals surface area contributed by atoms with Crippen LogP contribution in [0.15, 0.2) is 42.9 Å². The number of rotatable bonds is 7. The van der Waals surface area contributed by atoms with Crippen LogP contribution in [-0.2, 0) is 0 Å². The number of imidazole rings is 1. The largest absolute Gasteiger partial charge is 0.493 e. The first-order chi connectivity index (χ1) is 12.6. The molecule has 2 heterocycles. The summed E-state index contributed by atoms with van der Waals surface area (Å²) in [7, 11) is 0. The van der Waals surface area contributed by atoms with Crippen LogP contribution in [-0.4, -0.2) is 37.6 Å². The van der Waals surface area contributed by atoms with Crippen molar-refractivity contribution in [2.45, 2.75) is 19.9 Å². The lowest BCUT2D eigenvalue weighted by molar-refractivity contribution is 0.0692. The molecule has 3 aromatic rings. The van der Waals surface area contributed by atoms with Crippen molar-refractivity contribution >= 4 is 11.9 Å². The molecule has 0 fully saturated rings. The van der Waals surface area contributed by atoms with Crippen molar-refractivity contribution < 1.29 is 14.6 Å². The molecule has 0 aliphatic heterocycles. The van der Waals surface area contributed by atoms with Crippen LogP contribution in [0.3, 0.4) is 0 Å². The molecular formula is C18H19N5O3. The molecule has 0 radical (unpaired) electrons. The van der Waals surface area contributed by atoms with Gasteiger partial charge in [0.1, 0.15) is 17.1 Å². The fraction of sp³-hybridized carbons (Fsp3) is 0.222. The second-order valence-electron chi connectivity index (χ2n) is 5.56. The van der Waals surface area contributed by atoms with Gasteiger partial charge in [0, 0.05) is 24.2 Å². The molecule has 1 atom stereocenters. The maximum Gasteiger partial charge on any atom is 0.339 e. The molecule has 0 aliphatic carbocycles. The summed E-state index contributed by atoms with van der Waals surface area (Å²) in [5, 5.41) is 12.6. The minimum atomic E-state index is -1.05. The van der Waals surface area contributed by atoms with Crippen LogP contribution < -0.4 is 10.1 Å². The van der Waals surface area contributed by atoms with E-state index in [0.29, 0.717) is 29.6 Å². The second-order valence-corrected chi connectivity index (χ2v) is 5.56. The average molecular weight is 353 g/mol. The van der Waals surface area contributed by atoms with Crippen LogP contribution in [0.2, 0.25) is 0 Å². The molecule has 134 valence electrons. The number of hydrogen-bond donors (Lipinski definition) is 3. The number of ether oxygens (including phenoxy) is 1. The number of benzene rings is 1. The quantitative estimate of drug-likeness (QED) is 0.598. The summed E-state index contributed by atoms with van der Waals surface area (Å²) < 4.78 is 5.37. The highest BCUT2D eigenvalue weighted by atomic mass is 16.5. The number of carboxylic acid groups (broad SMARTS) is 1. The summed E-state index contributed by atoms with van der Waals surface area (Å²) in [5.41, 5.74) is 1.38. The predicted octanol–water partition coefficient (Wildman–Crippen LogP) is 3.14. The van der Waals surface area contributed by atoms with Gasteiger partial charge in [0.2, 0.25) is 5.95 Å². The first-order valence-corrected chi connectivity index (χ1v) is 8.18. The van der Waals surface area contributed by atoms with Gasteiger partial charge in [0.15, 0.2) is 0 Å². The molecule has 0 bridgehead atoms. The third kappa shape index (κ3) is 3.80. The number of nitrogens with zero attached hydrogens (tertiary/aromatic N) is 3. The fourth-order valence-corrected chi connectivity index (χ4v) is 2.50. The lowest BCUT2D eigenvalue weighted by atomic mass is 10.1. The summed E-state index contributed by atoms with van der Waals surface area (Å²) in [4.78, 5) is 27.4. The molecule has 2 aromatic heterocycles. The van der Waals surface area contributed by atoms with Crippen molar-refractivity contribution in [3.05, 3.63) is 54.2 Å². The van der Waals surface area contributed by atoms with E-state index < -0.39 is 5.97 Å². The standard InChI is InChI=1S/C18H19N5O3/c1-3-26-15-5-4-12(10-13(15)17(24)25)14-6-7-21-18(23-14)22-11(2)16-19-8-9-20-16/h4-11H,3H2,1-2H3,(H,19,20)(H,24,25)(H,21,22,23). The van der Waals surface area contributed by atoms with Gasteiger partial charge >= 0.3 is 5.97 Å². The lowest BCUT2D eigenvalue weighted by Gasteiger charge is -2.13. The third-order valence-electron chi connectivity index (χ3n) is 3.74. The summed E-state index contributed by atoms with van der Waals surface area (Å²) in [5.74, 6) is 0.488. The zero-order chi connectivity index (χ0) is 18.5. The number of aromatic carboxylic acids is 1. The van der Waals surface area contributed by atoms with Crippen molar-refractivity contribution in [2.24, 2.45) is 0 Å². The van der Waals surface area contributed by atoms with Crippen LogP contribution in [0.5, 0.6) is 5.75 Å². The van der Waals surface area contributed by atoms with Gasteiger partial charge in [-0.05, 0) is 38.1 Å². The van der Waals surface area contributed by atoms with Gasteiger partial charge in [-0.3, -0.25) is 0 Å². The minimum absolute atomic E-state index is 0.0985. The Labute approximate surface area is 150 Å². The lowest BCUT2D eigenvalue weighted by Crippen LogP contribution is -2.11. The third-order valence-corrected chi connectivity index (χ3v) is 3.74. The highest BCUT2D eigenvalue weighted by Crippen LogP contribution is 2.26. The summed E-state index contributed by atoms with van der Waals surface area (Å²) >= 11 is 0. The number of carbonyl (C=O) groups is 1. The maximum atomic E-state index is 11.5. The molecule has 0 aliphatic rings.